The molecule has 1 aromatic rings. The van der Waals surface area contributed by atoms with Crippen LogP contribution in [0.3, 0.4) is 0 Å². The molecule has 20 heavy (non-hydrogen) atoms. The summed E-state index contributed by atoms with van der Waals surface area (Å²) in [6.45, 7) is 5.25. The van der Waals surface area contributed by atoms with Gasteiger partial charge in [-0.1, -0.05) is 19.9 Å². The van der Waals surface area contributed by atoms with E-state index in [2.05, 4.69) is 5.32 Å². The van der Waals surface area contributed by atoms with Gasteiger partial charge in [0.25, 0.3) is 5.56 Å². The normalized spacial score (nSPS) is 12.2. The molecular formula is C14H20N2O4. The van der Waals surface area contributed by atoms with E-state index in [9.17, 15) is 14.4 Å². The van der Waals surface area contributed by atoms with E-state index >= 15 is 0 Å². The molecule has 0 fully saturated rings. The standard InChI is InChI=1S/C14H20N2O4/c1-9(2)7-11(14(19)20)15-12(17)8-16-6-4-5-10(3)13(16)18/h4-6,9,11H,7-8H2,1-3H3,(H,15,17)(H,19,20). The zero-order chi connectivity index (χ0) is 15.3. The van der Waals surface area contributed by atoms with Gasteiger partial charge < -0.3 is 15.0 Å². The third-order valence-corrected chi connectivity index (χ3v) is 2.86. The first-order valence-electron chi connectivity index (χ1n) is 6.49. The summed E-state index contributed by atoms with van der Waals surface area (Å²) in [5.74, 6) is -1.40. The second kappa shape index (κ2) is 6.88. The lowest BCUT2D eigenvalue weighted by atomic mass is 10.0. The van der Waals surface area contributed by atoms with Crippen molar-refractivity contribution in [2.75, 3.05) is 0 Å². The number of carboxylic acids is 1. The molecular weight excluding hydrogens is 260 g/mol. The zero-order valence-electron chi connectivity index (χ0n) is 11.9. The Kier molecular flexibility index (Phi) is 5.49. The average molecular weight is 280 g/mol. The number of carboxylic acid groups (broad SMARTS) is 1. The molecule has 0 radical (unpaired) electrons. The number of nitrogens with zero attached hydrogens (tertiary/aromatic N) is 1. The molecule has 6 nitrogen and oxygen atoms in total. The van der Waals surface area contributed by atoms with Crippen molar-refractivity contribution in [1.82, 2.24) is 9.88 Å². The molecule has 110 valence electrons. The number of amides is 1. The summed E-state index contributed by atoms with van der Waals surface area (Å²) in [5, 5.41) is 11.5. The molecule has 1 amide bonds. The van der Waals surface area contributed by atoms with Gasteiger partial charge in [-0.15, -0.1) is 0 Å². The molecule has 1 aromatic heterocycles. The quantitative estimate of drug-likeness (QED) is 0.805. The number of nitrogens with one attached hydrogen (secondary N) is 1. The fourth-order valence-electron chi connectivity index (χ4n) is 1.87. The number of hydrogen-bond donors (Lipinski definition) is 2. The van der Waals surface area contributed by atoms with Crippen LogP contribution in [0.15, 0.2) is 23.1 Å². The van der Waals surface area contributed by atoms with E-state index in [1.54, 1.807) is 19.1 Å². The maximum Gasteiger partial charge on any atom is 0.326 e. The van der Waals surface area contributed by atoms with Gasteiger partial charge in [-0.25, -0.2) is 4.79 Å². The summed E-state index contributed by atoms with van der Waals surface area (Å²) in [6.07, 6.45) is 1.86. The third kappa shape index (κ3) is 4.53. The Balaban J connectivity index is 2.73. The van der Waals surface area contributed by atoms with E-state index in [0.717, 1.165) is 0 Å². The Hall–Kier alpha value is -2.11. The minimum Gasteiger partial charge on any atom is -0.480 e. The number of hydrogen-bond acceptors (Lipinski definition) is 3. The van der Waals surface area contributed by atoms with Crippen LogP contribution in [-0.4, -0.2) is 27.6 Å². The summed E-state index contributed by atoms with van der Waals surface area (Å²) in [5.41, 5.74) is 0.288. The van der Waals surface area contributed by atoms with Gasteiger partial charge in [-0.05, 0) is 25.3 Å². The number of rotatable bonds is 6. The lowest BCUT2D eigenvalue weighted by molar-refractivity contribution is -0.142. The molecule has 0 aliphatic heterocycles. The Labute approximate surface area is 117 Å². The van der Waals surface area contributed by atoms with E-state index in [1.807, 2.05) is 13.8 Å². The predicted octanol–water partition coefficient (Wildman–Crippen LogP) is 0.772. The number of pyridine rings is 1. The van der Waals surface area contributed by atoms with Crippen LogP contribution in [0.25, 0.3) is 0 Å². The smallest absolute Gasteiger partial charge is 0.326 e. The van der Waals surface area contributed by atoms with E-state index in [4.69, 9.17) is 5.11 Å². The highest BCUT2D eigenvalue weighted by Crippen LogP contribution is 2.05. The van der Waals surface area contributed by atoms with Crippen LogP contribution in [-0.2, 0) is 16.1 Å². The van der Waals surface area contributed by atoms with Gasteiger partial charge in [0.15, 0.2) is 0 Å². The summed E-state index contributed by atoms with van der Waals surface area (Å²) in [4.78, 5) is 34.7. The second-order valence-corrected chi connectivity index (χ2v) is 5.21. The lowest BCUT2D eigenvalue weighted by Gasteiger charge is -2.16. The molecule has 0 saturated heterocycles. The summed E-state index contributed by atoms with van der Waals surface area (Å²) < 4.78 is 1.26. The zero-order valence-corrected chi connectivity index (χ0v) is 11.9. The maximum atomic E-state index is 11.8. The molecule has 0 aliphatic carbocycles. The monoisotopic (exact) mass is 280 g/mol. The van der Waals surface area contributed by atoms with Crippen molar-refractivity contribution in [2.24, 2.45) is 5.92 Å². The molecule has 1 rings (SSSR count). The largest absolute Gasteiger partial charge is 0.480 e. The van der Waals surface area contributed by atoms with Crippen molar-refractivity contribution in [3.05, 3.63) is 34.2 Å². The van der Waals surface area contributed by atoms with Crippen LogP contribution in [0, 0.1) is 12.8 Å². The summed E-state index contributed by atoms with van der Waals surface area (Å²) in [6, 6.07) is 2.41. The number of carbonyl (C=O) groups excluding carboxylic acids is 1. The Bertz CT molecular complexity index is 548. The van der Waals surface area contributed by atoms with E-state index in [-0.39, 0.29) is 18.0 Å². The number of aryl methyl sites for hydroxylation is 1. The molecule has 2 N–H and O–H groups in total. The number of aliphatic carboxylic acids is 1. The topological polar surface area (TPSA) is 88.4 Å². The van der Waals surface area contributed by atoms with Gasteiger partial charge >= 0.3 is 5.97 Å². The molecule has 0 spiro atoms. The van der Waals surface area contributed by atoms with E-state index < -0.39 is 17.9 Å². The molecule has 1 atom stereocenters. The van der Waals surface area contributed by atoms with Crippen LogP contribution >= 0.6 is 0 Å². The Morgan fingerprint density at radius 3 is 2.60 bits per heavy atom. The lowest BCUT2D eigenvalue weighted by Crippen LogP contribution is -2.44. The minimum atomic E-state index is -1.07. The van der Waals surface area contributed by atoms with Crippen LogP contribution in [0.1, 0.15) is 25.8 Å². The molecule has 6 heteroatoms. The Morgan fingerprint density at radius 2 is 2.05 bits per heavy atom. The molecule has 1 heterocycles. The fourth-order valence-corrected chi connectivity index (χ4v) is 1.87. The van der Waals surface area contributed by atoms with Gasteiger partial charge in [-0.3, -0.25) is 9.59 Å². The fraction of sp³-hybridized carbons (Fsp3) is 0.500. The van der Waals surface area contributed by atoms with Crippen molar-refractivity contribution < 1.29 is 14.7 Å². The number of aromatic nitrogens is 1. The van der Waals surface area contributed by atoms with Crippen LogP contribution in [0.5, 0.6) is 0 Å². The van der Waals surface area contributed by atoms with Crippen molar-refractivity contribution in [3.63, 3.8) is 0 Å². The van der Waals surface area contributed by atoms with Gasteiger partial charge in [0.1, 0.15) is 12.6 Å². The first kappa shape index (κ1) is 15.9. The van der Waals surface area contributed by atoms with Gasteiger partial charge in [-0.2, -0.15) is 0 Å². The molecule has 0 saturated carbocycles. The third-order valence-electron chi connectivity index (χ3n) is 2.86. The highest BCUT2D eigenvalue weighted by Gasteiger charge is 2.21. The van der Waals surface area contributed by atoms with Crippen molar-refractivity contribution in [3.8, 4) is 0 Å². The van der Waals surface area contributed by atoms with Crippen molar-refractivity contribution >= 4 is 11.9 Å². The van der Waals surface area contributed by atoms with E-state index in [1.165, 1.54) is 10.8 Å². The molecule has 1 unspecified atom stereocenters. The maximum absolute atomic E-state index is 11.8. The first-order chi connectivity index (χ1) is 9.31. The minimum absolute atomic E-state index is 0.151. The van der Waals surface area contributed by atoms with Crippen molar-refractivity contribution in [1.29, 1.82) is 0 Å². The van der Waals surface area contributed by atoms with Crippen LogP contribution < -0.4 is 10.9 Å². The summed E-state index contributed by atoms with van der Waals surface area (Å²) >= 11 is 0. The summed E-state index contributed by atoms with van der Waals surface area (Å²) in [7, 11) is 0. The second-order valence-electron chi connectivity index (χ2n) is 5.21. The molecule has 0 bridgehead atoms. The van der Waals surface area contributed by atoms with E-state index in [0.29, 0.717) is 12.0 Å². The highest BCUT2D eigenvalue weighted by molar-refractivity contribution is 5.83. The van der Waals surface area contributed by atoms with Crippen LogP contribution in [0.2, 0.25) is 0 Å². The number of carbonyl (C=O) groups is 2. The van der Waals surface area contributed by atoms with Gasteiger partial charge in [0, 0.05) is 11.8 Å². The van der Waals surface area contributed by atoms with Gasteiger partial charge in [0.05, 0.1) is 0 Å². The molecule has 0 aliphatic rings. The van der Waals surface area contributed by atoms with Gasteiger partial charge in [0.2, 0.25) is 5.91 Å². The average Bonchev–Trinajstić information content (AvgIpc) is 2.33. The SMILES string of the molecule is Cc1cccn(CC(=O)NC(CC(C)C)C(=O)O)c1=O. The molecule has 0 aromatic carbocycles. The predicted molar refractivity (Wildman–Crippen MR) is 74.5 cm³/mol. The highest BCUT2D eigenvalue weighted by atomic mass is 16.4. The Morgan fingerprint density at radius 1 is 1.40 bits per heavy atom. The van der Waals surface area contributed by atoms with Crippen LogP contribution in [0.4, 0.5) is 0 Å². The van der Waals surface area contributed by atoms with Crippen molar-refractivity contribution in [2.45, 2.75) is 39.8 Å². The first-order valence-corrected chi connectivity index (χ1v) is 6.49.